The van der Waals surface area contributed by atoms with Crippen LogP contribution in [0.4, 0.5) is 0 Å². The van der Waals surface area contributed by atoms with Crippen LogP contribution in [0.2, 0.25) is 0 Å². The lowest BCUT2D eigenvalue weighted by Crippen LogP contribution is -1.98. The Morgan fingerprint density at radius 3 is 2.58 bits per heavy atom. The standard InChI is InChI=1S/C16H14NO2/c1-2-4-13(5-3-1)10-19-15-8-6-14(7-9-15)16-11-18-12-17-16/h1-9,16H,10-11H2. The fraction of sp³-hybridized carbons (Fsp3) is 0.188. The maximum atomic E-state index is 5.73. The number of hydrogen-bond acceptors (Lipinski definition) is 3. The summed E-state index contributed by atoms with van der Waals surface area (Å²) in [7, 11) is 0. The first-order chi connectivity index (χ1) is 9.42. The van der Waals surface area contributed by atoms with Gasteiger partial charge in [0.2, 0.25) is 0 Å². The van der Waals surface area contributed by atoms with Crippen molar-refractivity contribution < 1.29 is 9.47 Å². The van der Waals surface area contributed by atoms with Gasteiger partial charge < -0.3 is 9.47 Å². The molecule has 0 N–H and O–H groups in total. The number of nitrogens with zero attached hydrogens (tertiary/aromatic N) is 1. The second-order valence-electron chi connectivity index (χ2n) is 4.39. The summed E-state index contributed by atoms with van der Waals surface area (Å²) in [5.74, 6) is 0.861. The van der Waals surface area contributed by atoms with Crippen molar-refractivity contribution in [1.82, 2.24) is 0 Å². The van der Waals surface area contributed by atoms with E-state index in [9.17, 15) is 0 Å². The summed E-state index contributed by atoms with van der Waals surface area (Å²) >= 11 is 0. The Hall–Kier alpha value is -2.29. The number of hydrogen-bond donors (Lipinski definition) is 0. The molecule has 1 radical (unpaired) electrons. The third kappa shape index (κ3) is 2.94. The molecule has 2 aromatic carbocycles. The zero-order valence-electron chi connectivity index (χ0n) is 10.5. The zero-order valence-corrected chi connectivity index (χ0v) is 10.5. The van der Waals surface area contributed by atoms with Crippen LogP contribution in [0.15, 0.2) is 59.6 Å². The molecule has 1 aliphatic rings. The molecule has 1 unspecified atom stereocenters. The molecule has 0 fully saturated rings. The first kappa shape index (κ1) is 11.8. The highest BCUT2D eigenvalue weighted by atomic mass is 16.5. The summed E-state index contributed by atoms with van der Waals surface area (Å²) in [4.78, 5) is 4.12. The number of benzene rings is 2. The van der Waals surface area contributed by atoms with Crippen molar-refractivity contribution in [2.45, 2.75) is 12.6 Å². The van der Waals surface area contributed by atoms with Gasteiger partial charge in [0.05, 0.1) is 0 Å². The maximum Gasteiger partial charge on any atom is 0.273 e. The normalized spacial score (nSPS) is 17.2. The van der Waals surface area contributed by atoms with Gasteiger partial charge in [-0.15, -0.1) is 0 Å². The predicted molar refractivity (Wildman–Crippen MR) is 73.3 cm³/mol. The van der Waals surface area contributed by atoms with Crippen LogP contribution >= 0.6 is 0 Å². The molecule has 0 spiro atoms. The highest BCUT2D eigenvalue weighted by Gasteiger charge is 2.14. The van der Waals surface area contributed by atoms with Crippen LogP contribution < -0.4 is 4.74 Å². The van der Waals surface area contributed by atoms with E-state index in [2.05, 4.69) is 23.5 Å². The lowest BCUT2D eigenvalue weighted by atomic mass is 10.1. The van der Waals surface area contributed by atoms with Gasteiger partial charge in [-0.1, -0.05) is 42.5 Å². The quantitative estimate of drug-likeness (QED) is 0.836. The van der Waals surface area contributed by atoms with Crippen LogP contribution in [-0.2, 0) is 11.3 Å². The molecular formula is C16H14NO2. The highest BCUT2D eigenvalue weighted by Crippen LogP contribution is 2.23. The maximum absolute atomic E-state index is 5.73. The van der Waals surface area contributed by atoms with Gasteiger partial charge in [-0.25, -0.2) is 4.99 Å². The molecule has 1 heterocycles. The van der Waals surface area contributed by atoms with Crippen LogP contribution in [0.1, 0.15) is 17.2 Å². The Kier molecular flexibility index (Phi) is 3.45. The summed E-state index contributed by atoms with van der Waals surface area (Å²) in [5, 5.41) is 0. The summed E-state index contributed by atoms with van der Waals surface area (Å²) in [6, 6.07) is 18.2. The van der Waals surface area contributed by atoms with Gasteiger partial charge in [0, 0.05) is 0 Å². The molecular weight excluding hydrogens is 238 g/mol. The first-order valence-corrected chi connectivity index (χ1v) is 6.25. The van der Waals surface area contributed by atoms with Crippen molar-refractivity contribution in [3.05, 3.63) is 65.7 Å². The summed E-state index contributed by atoms with van der Waals surface area (Å²) < 4.78 is 10.7. The lowest BCUT2D eigenvalue weighted by Gasteiger charge is -2.09. The largest absolute Gasteiger partial charge is 0.489 e. The molecule has 1 atom stereocenters. The van der Waals surface area contributed by atoms with E-state index in [-0.39, 0.29) is 6.04 Å². The highest BCUT2D eigenvalue weighted by molar-refractivity contribution is 5.50. The zero-order chi connectivity index (χ0) is 12.9. The average Bonchev–Trinajstić information content (AvgIpc) is 3.01. The van der Waals surface area contributed by atoms with Gasteiger partial charge in [-0.3, -0.25) is 0 Å². The molecule has 3 nitrogen and oxygen atoms in total. The van der Waals surface area contributed by atoms with E-state index in [4.69, 9.17) is 9.47 Å². The lowest BCUT2D eigenvalue weighted by molar-refractivity contribution is 0.305. The Morgan fingerprint density at radius 2 is 1.89 bits per heavy atom. The molecule has 0 amide bonds. The molecule has 0 saturated carbocycles. The van der Waals surface area contributed by atoms with Crippen molar-refractivity contribution in [2.75, 3.05) is 6.61 Å². The summed E-state index contributed by atoms with van der Waals surface area (Å²) in [6.45, 7) is 1.16. The van der Waals surface area contributed by atoms with E-state index < -0.39 is 0 Å². The van der Waals surface area contributed by atoms with Crippen LogP contribution in [0, 0.1) is 0 Å². The fourth-order valence-corrected chi connectivity index (χ4v) is 1.95. The second-order valence-corrected chi connectivity index (χ2v) is 4.39. The molecule has 2 aromatic rings. The van der Waals surface area contributed by atoms with E-state index in [0.717, 1.165) is 16.9 Å². The van der Waals surface area contributed by atoms with Crippen molar-refractivity contribution >= 4 is 6.40 Å². The average molecular weight is 252 g/mol. The van der Waals surface area contributed by atoms with Crippen LogP contribution in [0.5, 0.6) is 5.75 Å². The minimum Gasteiger partial charge on any atom is -0.489 e. The third-order valence-corrected chi connectivity index (χ3v) is 3.03. The molecule has 0 bridgehead atoms. The van der Waals surface area contributed by atoms with Crippen molar-refractivity contribution in [2.24, 2.45) is 4.99 Å². The van der Waals surface area contributed by atoms with Gasteiger partial charge in [0.15, 0.2) is 0 Å². The number of aliphatic imine (C=N–C) groups is 1. The SMILES string of the molecule is [C]1=NC(c2ccc(OCc3ccccc3)cc2)CO1. The van der Waals surface area contributed by atoms with Gasteiger partial charge >= 0.3 is 0 Å². The Morgan fingerprint density at radius 1 is 1.11 bits per heavy atom. The molecule has 3 heteroatoms. The second kappa shape index (κ2) is 5.57. The third-order valence-electron chi connectivity index (χ3n) is 3.03. The van der Waals surface area contributed by atoms with Crippen LogP contribution in [-0.4, -0.2) is 13.0 Å². The van der Waals surface area contributed by atoms with Crippen LogP contribution in [0.3, 0.4) is 0 Å². The minimum absolute atomic E-state index is 0.0724. The smallest absolute Gasteiger partial charge is 0.273 e. The van der Waals surface area contributed by atoms with E-state index in [0.29, 0.717) is 13.2 Å². The summed E-state index contributed by atoms with van der Waals surface area (Å²) in [6.07, 6.45) is 2.53. The van der Waals surface area contributed by atoms with E-state index in [1.54, 1.807) is 0 Å². The molecule has 3 rings (SSSR count). The van der Waals surface area contributed by atoms with Crippen LogP contribution in [0.25, 0.3) is 0 Å². The van der Waals surface area contributed by atoms with Gasteiger partial charge in [0.1, 0.15) is 25.0 Å². The molecule has 0 saturated heterocycles. The van der Waals surface area contributed by atoms with Crippen molar-refractivity contribution in [1.29, 1.82) is 0 Å². The molecule has 0 aromatic heterocycles. The van der Waals surface area contributed by atoms with E-state index in [1.807, 2.05) is 42.5 Å². The Labute approximate surface area is 112 Å². The number of ether oxygens (including phenoxy) is 2. The number of rotatable bonds is 4. The first-order valence-electron chi connectivity index (χ1n) is 6.25. The monoisotopic (exact) mass is 252 g/mol. The molecule has 19 heavy (non-hydrogen) atoms. The van der Waals surface area contributed by atoms with Gasteiger partial charge in [-0.2, -0.15) is 0 Å². The fourth-order valence-electron chi connectivity index (χ4n) is 1.95. The van der Waals surface area contributed by atoms with E-state index >= 15 is 0 Å². The van der Waals surface area contributed by atoms with Gasteiger partial charge in [0.25, 0.3) is 6.40 Å². The minimum atomic E-state index is 0.0724. The summed E-state index contributed by atoms with van der Waals surface area (Å²) in [5.41, 5.74) is 2.28. The Bertz CT molecular complexity index is 549. The predicted octanol–water partition coefficient (Wildman–Crippen LogP) is 3.24. The molecule has 95 valence electrons. The molecule has 0 aliphatic carbocycles. The van der Waals surface area contributed by atoms with Gasteiger partial charge in [-0.05, 0) is 23.3 Å². The molecule has 1 aliphatic heterocycles. The van der Waals surface area contributed by atoms with Crippen molar-refractivity contribution in [3.63, 3.8) is 0 Å². The van der Waals surface area contributed by atoms with Crippen molar-refractivity contribution in [3.8, 4) is 5.75 Å². The van der Waals surface area contributed by atoms with E-state index in [1.165, 1.54) is 0 Å². The Balaban J connectivity index is 1.61. The topological polar surface area (TPSA) is 30.8 Å².